The Morgan fingerprint density at radius 3 is 2.76 bits per heavy atom. The van der Waals surface area contributed by atoms with Gasteiger partial charge >= 0.3 is 0 Å². The molecule has 114 valence electrons. The van der Waals surface area contributed by atoms with E-state index in [0.717, 1.165) is 38.9 Å². The van der Waals surface area contributed by atoms with Gasteiger partial charge in [0.05, 0.1) is 18.3 Å². The van der Waals surface area contributed by atoms with Crippen LogP contribution in [0.1, 0.15) is 31.7 Å². The van der Waals surface area contributed by atoms with Crippen LogP contribution in [-0.4, -0.2) is 42.4 Å². The Hall–Kier alpha value is -1.57. The number of nitriles is 1. The van der Waals surface area contributed by atoms with Crippen molar-refractivity contribution in [2.24, 2.45) is 5.92 Å². The number of hydrogen-bond donors (Lipinski definition) is 1. The first-order chi connectivity index (χ1) is 10.2. The quantitative estimate of drug-likeness (QED) is 0.817. The summed E-state index contributed by atoms with van der Waals surface area (Å²) in [5, 5.41) is 18.6. The lowest BCUT2D eigenvalue weighted by Gasteiger charge is -2.33. The minimum atomic E-state index is -0.182. The van der Waals surface area contributed by atoms with Crippen molar-refractivity contribution >= 4 is 0 Å². The van der Waals surface area contributed by atoms with Gasteiger partial charge in [-0.25, -0.2) is 0 Å². The predicted octanol–water partition coefficient (Wildman–Crippen LogP) is 2.42. The van der Waals surface area contributed by atoms with Gasteiger partial charge in [-0.3, -0.25) is 0 Å². The Kier molecular flexibility index (Phi) is 6.04. The number of likely N-dealkylation sites (tertiary alicyclic amines) is 1. The highest BCUT2D eigenvalue weighted by atomic mass is 16.5. The summed E-state index contributed by atoms with van der Waals surface area (Å²) in [6, 6.07) is 9.49. The van der Waals surface area contributed by atoms with E-state index < -0.39 is 0 Å². The van der Waals surface area contributed by atoms with Crippen LogP contribution >= 0.6 is 0 Å². The van der Waals surface area contributed by atoms with Crippen LogP contribution in [0.25, 0.3) is 0 Å². The van der Waals surface area contributed by atoms with Gasteiger partial charge in [0.15, 0.2) is 0 Å². The highest BCUT2D eigenvalue weighted by Crippen LogP contribution is 2.21. The normalized spacial score (nSPS) is 18.1. The van der Waals surface area contributed by atoms with E-state index >= 15 is 0 Å². The van der Waals surface area contributed by atoms with Gasteiger partial charge < -0.3 is 14.7 Å². The maximum absolute atomic E-state index is 9.59. The highest BCUT2D eigenvalue weighted by Gasteiger charge is 2.22. The Bertz CT molecular complexity index is 474. The van der Waals surface area contributed by atoms with E-state index in [0.29, 0.717) is 23.8 Å². The van der Waals surface area contributed by atoms with Gasteiger partial charge in [0, 0.05) is 6.54 Å². The molecule has 0 saturated carbocycles. The summed E-state index contributed by atoms with van der Waals surface area (Å²) in [4.78, 5) is 2.43. The molecule has 1 aliphatic rings. The van der Waals surface area contributed by atoms with Gasteiger partial charge in [-0.05, 0) is 57.3 Å². The fourth-order valence-corrected chi connectivity index (χ4v) is 2.81. The first-order valence-electron chi connectivity index (χ1n) is 7.73. The van der Waals surface area contributed by atoms with Gasteiger partial charge in [-0.1, -0.05) is 12.1 Å². The molecule has 0 aliphatic carbocycles. The minimum absolute atomic E-state index is 0.182. The smallest absolute Gasteiger partial charge is 0.137 e. The van der Waals surface area contributed by atoms with Crippen LogP contribution in [0, 0.1) is 17.2 Å². The number of nitrogens with zero attached hydrogens (tertiary/aromatic N) is 2. The van der Waals surface area contributed by atoms with Crippen LogP contribution in [0.2, 0.25) is 0 Å². The van der Waals surface area contributed by atoms with E-state index in [1.54, 1.807) is 6.07 Å². The summed E-state index contributed by atoms with van der Waals surface area (Å²) >= 11 is 0. The molecule has 0 aromatic heterocycles. The van der Waals surface area contributed by atoms with Gasteiger partial charge in [0.1, 0.15) is 11.8 Å². The largest absolute Gasteiger partial charge is 0.492 e. The van der Waals surface area contributed by atoms with Crippen LogP contribution < -0.4 is 4.74 Å². The molecule has 1 aliphatic heterocycles. The second kappa shape index (κ2) is 8.02. The molecule has 1 unspecified atom stereocenters. The van der Waals surface area contributed by atoms with Crippen LogP contribution in [0.15, 0.2) is 24.3 Å². The molecule has 1 N–H and O–H groups in total. The average Bonchev–Trinajstić information content (AvgIpc) is 2.52. The van der Waals surface area contributed by atoms with Crippen LogP contribution in [0.5, 0.6) is 5.75 Å². The monoisotopic (exact) mass is 288 g/mol. The van der Waals surface area contributed by atoms with E-state index in [9.17, 15) is 5.11 Å². The molecule has 1 heterocycles. The van der Waals surface area contributed by atoms with Crippen molar-refractivity contribution < 1.29 is 9.84 Å². The predicted molar refractivity (Wildman–Crippen MR) is 82.1 cm³/mol. The third-order valence-corrected chi connectivity index (χ3v) is 4.20. The number of ether oxygens (including phenoxy) is 1. The van der Waals surface area contributed by atoms with Gasteiger partial charge in [-0.2, -0.15) is 5.26 Å². The standard InChI is InChI=1S/C17H24N2O2/c1-14(20)15-7-10-19(11-8-15)9-4-12-21-17-6-3-2-5-16(17)13-18/h2-3,5-6,14-15,20H,4,7-12H2,1H3. The molecule has 1 aromatic carbocycles. The first-order valence-corrected chi connectivity index (χ1v) is 7.73. The van der Waals surface area contributed by atoms with Crippen molar-refractivity contribution in [1.82, 2.24) is 4.90 Å². The van der Waals surface area contributed by atoms with Gasteiger partial charge in [-0.15, -0.1) is 0 Å². The number of rotatable bonds is 6. The second-order valence-corrected chi connectivity index (χ2v) is 5.73. The number of aliphatic hydroxyl groups excluding tert-OH is 1. The third-order valence-electron chi connectivity index (χ3n) is 4.20. The number of aliphatic hydroxyl groups is 1. The van der Waals surface area contributed by atoms with Crippen molar-refractivity contribution in [3.63, 3.8) is 0 Å². The zero-order valence-corrected chi connectivity index (χ0v) is 12.7. The van der Waals surface area contributed by atoms with E-state index in [4.69, 9.17) is 10.00 Å². The molecule has 1 saturated heterocycles. The SMILES string of the molecule is CC(O)C1CCN(CCCOc2ccccc2C#N)CC1. The van der Waals surface area contributed by atoms with E-state index in [2.05, 4.69) is 11.0 Å². The fourth-order valence-electron chi connectivity index (χ4n) is 2.81. The average molecular weight is 288 g/mol. The highest BCUT2D eigenvalue weighted by molar-refractivity contribution is 5.42. The Morgan fingerprint density at radius 2 is 2.10 bits per heavy atom. The molecule has 4 nitrogen and oxygen atoms in total. The van der Waals surface area contributed by atoms with Crippen molar-refractivity contribution in [2.45, 2.75) is 32.3 Å². The van der Waals surface area contributed by atoms with Crippen LogP contribution in [-0.2, 0) is 0 Å². The number of benzene rings is 1. The molecule has 2 rings (SSSR count). The van der Waals surface area contributed by atoms with E-state index in [1.807, 2.05) is 25.1 Å². The molecular weight excluding hydrogens is 264 g/mol. The molecule has 1 fully saturated rings. The fraction of sp³-hybridized carbons (Fsp3) is 0.588. The maximum atomic E-state index is 9.59. The van der Waals surface area contributed by atoms with Crippen molar-refractivity contribution in [3.05, 3.63) is 29.8 Å². The summed E-state index contributed by atoms with van der Waals surface area (Å²) in [5.74, 6) is 1.13. The lowest BCUT2D eigenvalue weighted by Crippen LogP contribution is -2.37. The molecule has 0 spiro atoms. The van der Waals surface area contributed by atoms with Crippen LogP contribution in [0.3, 0.4) is 0 Å². The maximum Gasteiger partial charge on any atom is 0.137 e. The van der Waals surface area contributed by atoms with Crippen molar-refractivity contribution in [1.29, 1.82) is 5.26 Å². The number of hydrogen-bond acceptors (Lipinski definition) is 4. The van der Waals surface area contributed by atoms with Crippen molar-refractivity contribution in [2.75, 3.05) is 26.2 Å². The molecule has 21 heavy (non-hydrogen) atoms. The lowest BCUT2D eigenvalue weighted by atomic mass is 9.92. The number of para-hydroxylation sites is 1. The number of piperidine rings is 1. The van der Waals surface area contributed by atoms with Crippen molar-refractivity contribution in [3.8, 4) is 11.8 Å². The summed E-state index contributed by atoms with van der Waals surface area (Å²) in [6.45, 7) is 5.66. The van der Waals surface area contributed by atoms with E-state index in [1.165, 1.54) is 0 Å². The molecule has 4 heteroatoms. The van der Waals surface area contributed by atoms with Crippen LogP contribution in [0.4, 0.5) is 0 Å². The molecule has 0 amide bonds. The molecule has 1 atom stereocenters. The van der Waals surface area contributed by atoms with Gasteiger partial charge in [0.2, 0.25) is 0 Å². The summed E-state index contributed by atoms with van der Waals surface area (Å²) < 4.78 is 5.69. The molecule has 1 aromatic rings. The summed E-state index contributed by atoms with van der Waals surface area (Å²) in [5.41, 5.74) is 0.593. The minimum Gasteiger partial charge on any atom is -0.492 e. The topological polar surface area (TPSA) is 56.5 Å². The van der Waals surface area contributed by atoms with Gasteiger partial charge in [0.25, 0.3) is 0 Å². The Balaban J connectivity index is 1.66. The first kappa shape index (κ1) is 15.8. The summed E-state index contributed by atoms with van der Waals surface area (Å²) in [6.07, 6.45) is 2.93. The third kappa shape index (κ3) is 4.73. The molecular formula is C17H24N2O2. The molecule has 0 bridgehead atoms. The van der Waals surface area contributed by atoms with E-state index in [-0.39, 0.29) is 6.10 Å². The zero-order valence-electron chi connectivity index (χ0n) is 12.7. The molecule has 0 radical (unpaired) electrons. The lowest BCUT2D eigenvalue weighted by molar-refractivity contribution is 0.0701. The Labute approximate surface area is 127 Å². The zero-order chi connectivity index (χ0) is 15.1. The summed E-state index contributed by atoms with van der Waals surface area (Å²) in [7, 11) is 0. The second-order valence-electron chi connectivity index (χ2n) is 5.73. The Morgan fingerprint density at radius 1 is 1.38 bits per heavy atom.